The van der Waals surface area contributed by atoms with Crippen molar-refractivity contribution in [1.82, 2.24) is 5.32 Å². The number of hydrogen-bond donors (Lipinski definition) is 2. The van der Waals surface area contributed by atoms with Gasteiger partial charge in [0.05, 0.1) is 14.2 Å². The Hall–Kier alpha value is -1.26. The van der Waals surface area contributed by atoms with E-state index in [1.807, 2.05) is 18.2 Å². The van der Waals surface area contributed by atoms with Gasteiger partial charge in [-0.05, 0) is 30.0 Å². The van der Waals surface area contributed by atoms with E-state index >= 15 is 0 Å². The third-order valence-corrected chi connectivity index (χ3v) is 3.26. The molecule has 0 fully saturated rings. The topological polar surface area (TPSA) is 50.7 Å². The van der Waals surface area contributed by atoms with Crippen molar-refractivity contribution in [3.63, 3.8) is 0 Å². The Labute approximate surface area is 115 Å². The van der Waals surface area contributed by atoms with E-state index in [1.165, 1.54) is 0 Å². The van der Waals surface area contributed by atoms with E-state index in [2.05, 4.69) is 19.2 Å². The van der Waals surface area contributed by atoms with Crippen LogP contribution in [0.5, 0.6) is 11.5 Å². The van der Waals surface area contributed by atoms with E-state index in [9.17, 15) is 0 Å². The minimum Gasteiger partial charge on any atom is -0.493 e. The average Bonchev–Trinajstić information content (AvgIpc) is 2.42. The molecule has 0 aliphatic carbocycles. The van der Waals surface area contributed by atoms with E-state index in [-0.39, 0.29) is 6.61 Å². The van der Waals surface area contributed by atoms with Crippen molar-refractivity contribution in [2.24, 2.45) is 5.92 Å². The molecule has 0 aromatic heterocycles. The number of methoxy groups -OCH3 is 2. The van der Waals surface area contributed by atoms with Gasteiger partial charge >= 0.3 is 0 Å². The highest BCUT2D eigenvalue weighted by Gasteiger charge is 2.12. The second kappa shape index (κ2) is 8.02. The Morgan fingerprint density at radius 1 is 1.16 bits per heavy atom. The molecule has 1 rings (SSSR count). The summed E-state index contributed by atoms with van der Waals surface area (Å²) in [6.45, 7) is 5.27. The monoisotopic (exact) mass is 267 g/mol. The number of nitrogens with one attached hydrogen (secondary N) is 1. The Morgan fingerprint density at radius 2 is 1.84 bits per heavy atom. The van der Waals surface area contributed by atoms with E-state index in [4.69, 9.17) is 14.6 Å². The molecule has 1 aromatic carbocycles. The van der Waals surface area contributed by atoms with Gasteiger partial charge in [-0.3, -0.25) is 0 Å². The van der Waals surface area contributed by atoms with Gasteiger partial charge in [0.1, 0.15) is 0 Å². The zero-order valence-electron chi connectivity index (χ0n) is 12.3. The first-order valence-electron chi connectivity index (χ1n) is 6.67. The summed E-state index contributed by atoms with van der Waals surface area (Å²) in [5, 5.41) is 12.5. The molecule has 0 aliphatic rings. The van der Waals surface area contributed by atoms with Gasteiger partial charge in [0.25, 0.3) is 0 Å². The first-order valence-corrected chi connectivity index (χ1v) is 6.67. The quantitative estimate of drug-likeness (QED) is 0.758. The number of benzene rings is 1. The molecule has 0 saturated carbocycles. The van der Waals surface area contributed by atoms with Crippen LogP contribution in [0.4, 0.5) is 0 Å². The normalized spacial score (nSPS) is 12.5. The standard InChI is InChI=1S/C15H25NO3/c1-11(2)13(7-8-17)16-10-12-5-6-14(18-3)15(9-12)19-4/h5-6,9,11,13,16-17H,7-8,10H2,1-4H3. The fraction of sp³-hybridized carbons (Fsp3) is 0.600. The molecule has 0 radical (unpaired) electrons. The van der Waals surface area contributed by atoms with Crippen molar-refractivity contribution in [3.05, 3.63) is 23.8 Å². The van der Waals surface area contributed by atoms with Crippen molar-refractivity contribution in [2.45, 2.75) is 32.9 Å². The van der Waals surface area contributed by atoms with Crippen molar-refractivity contribution in [2.75, 3.05) is 20.8 Å². The van der Waals surface area contributed by atoms with Gasteiger partial charge in [-0.2, -0.15) is 0 Å². The summed E-state index contributed by atoms with van der Waals surface area (Å²) < 4.78 is 10.5. The van der Waals surface area contributed by atoms with Crippen molar-refractivity contribution < 1.29 is 14.6 Å². The fourth-order valence-corrected chi connectivity index (χ4v) is 2.05. The summed E-state index contributed by atoms with van der Waals surface area (Å²) in [5.41, 5.74) is 1.14. The summed E-state index contributed by atoms with van der Waals surface area (Å²) in [4.78, 5) is 0. The maximum atomic E-state index is 9.06. The van der Waals surface area contributed by atoms with Gasteiger partial charge in [-0.1, -0.05) is 19.9 Å². The summed E-state index contributed by atoms with van der Waals surface area (Å²) >= 11 is 0. The maximum Gasteiger partial charge on any atom is 0.161 e. The highest BCUT2D eigenvalue weighted by Crippen LogP contribution is 2.27. The number of rotatable bonds is 8. The lowest BCUT2D eigenvalue weighted by Gasteiger charge is -2.22. The average molecular weight is 267 g/mol. The molecule has 2 N–H and O–H groups in total. The Bertz CT molecular complexity index is 380. The van der Waals surface area contributed by atoms with E-state index < -0.39 is 0 Å². The summed E-state index contributed by atoms with van der Waals surface area (Å²) in [6.07, 6.45) is 0.769. The predicted octanol–water partition coefficient (Wildman–Crippen LogP) is 2.20. The first kappa shape index (κ1) is 15.8. The molecule has 1 unspecified atom stereocenters. The van der Waals surface area contributed by atoms with Gasteiger partial charge in [-0.15, -0.1) is 0 Å². The lowest BCUT2D eigenvalue weighted by molar-refractivity contribution is 0.244. The van der Waals surface area contributed by atoms with Gasteiger partial charge in [-0.25, -0.2) is 0 Å². The summed E-state index contributed by atoms with van der Waals surface area (Å²) in [6, 6.07) is 6.22. The van der Waals surface area contributed by atoms with Crippen LogP contribution in [0.15, 0.2) is 18.2 Å². The fourth-order valence-electron chi connectivity index (χ4n) is 2.05. The lowest BCUT2D eigenvalue weighted by Crippen LogP contribution is -2.34. The van der Waals surface area contributed by atoms with Gasteiger partial charge in [0, 0.05) is 19.2 Å². The molecule has 4 nitrogen and oxygen atoms in total. The SMILES string of the molecule is COc1ccc(CNC(CCO)C(C)C)cc1OC. The molecule has 0 amide bonds. The third-order valence-electron chi connectivity index (χ3n) is 3.26. The molecule has 108 valence electrons. The highest BCUT2D eigenvalue weighted by atomic mass is 16.5. The predicted molar refractivity (Wildman–Crippen MR) is 76.7 cm³/mol. The van der Waals surface area contributed by atoms with E-state index in [0.29, 0.717) is 12.0 Å². The van der Waals surface area contributed by atoms with Gasteiger partial charge < -0.3 is 19.9 Å². The lowest BCUT2D eigenvalue weighted by atomic mass is 10.0. The first-order chi connectivity index (χ1) is 9.12. The molecule has 4 heteroatoms. The van der Waals surface area contributed by atoms with E-state index in [1.54, 1.807) is 14.2 Å². The van der Waals surface area contributed by atoms with Crippen LogP contribution in [0.2, 0.25) is 0 Å². The highest BCUT2D eigenvalue weighted by molar-refractivity contribution is 5.42. The Morgan fingerprint density at radius 3 is 2.37 bits per heavy atom. The maximum absolute atomic E-state index is 9.06. The van der Waals surface area contributed by atoms with Crippen LogP contribution >= 0.6 is 0 Å². The number of aliphatic hydroxyl groups is 1. The molecule has 0 aliphatic heterocycles. The van der Waals surface area contributed by atoms with Gasteiger partial charge in [0.15, 0.2) is 11.5 Å². The molecule has 1 aromatic rings. The van der Waals surface area contributed by atoms with Crippen LogP contribution in [0.1, 0.15) is 25.8 Å². The van der Waals surface area contributed by atoms with Crippen LogP contribution in [0, 0.1) is 5.92 Å². The molecule has 0 bridgehead atoms. The van der Waals surface area contributed by atoms with Crippen LogP contribution in [-0.4, -0.2) is 32.0 Å². The van der Waals surface area contributed by atoms with Crippen LogP contribution in [0.25, 0.3) is 0 Å². The van der Waals surface area contributed by atoms with Gasteiger partial charge in [0.2, 0.25) is 0 Å². The molecule has 19 heavy (non-hydrogen) atoms. The van der Waals surface area contributed by atoms with E-state index in [0.717, 1.165) is 30.0 Å². The van der Waals surface area contributed by atoms with Crippen LogP contribution in [0.3, 0.4) is 0 Å². The number of aliphatic hydroxyl groups excluding tert-OH is 1. The minimum absolute atomic E-state index is 0.210. The summed E-state index contributed by atoms with van der Waals surface area (Å²) in [5.74, 6) is 1.97. The molecular formula is C15H25NO3. The third kappa shape index (κ3) is 4.73. The Balaban J connectivity index is 2.66. The second-order valence-electron chi connectivity index (χ2n) is 4.93. The van der Waals surface area contributed by atoms with Crippen LogP contribution in [-0.2, 0) is 6.54 Å². The molecule has 0 saturated heterocycles. The Kier molecular flexibility index (Phi) is 6.67. The summed E-state index contributed by atoms with van der Waals surface area (Å²) in [7, 11) is 3.27. The van der Waals surface area contributed by atoms with Crippen molar-refractivity contribution >= 4 is 0 Å². The zero-order chi connectivity index (χ0) is 14.3. The largest absolute Gasteiger partial charge is 0.493 e. The second-order valence-corrected chi connectivity index (χ2v) is 4.93. The molecule has 0 heterocycles. The number of ether oxygens (including phenoxy) is 2. The van der Waals surface area contributed by atoms with Crippen LogP contribution < -0.4 is 14.8 Å². The van der Waals surface area contributed by atoms with Crippen molar-refractivity contribution in [3.8, 4) is 11.5 Å². The molecule has 1 atom stereocenters. The zero-order valence-corrected chi connectivity index (χ0v) is 12.3. The molecular weight excluding hydrogens is 242 g/mol. The number of hydrogen-bond acceptors (Lipinski definition) is 4. The van der Waals surface area contributed by atoms with Crippen molar-refractivity contribution in [1.29, 1.82) is 0 Å². The molecule has 0 spiro atoms. The minimum atomic E-state index is 0.210. The smallest absolute Gasteiger partial charge is 0.161 e.